The Bertz CT molecular complexity index is 700. The zero-order valence-corrected chi connectivity index (χ0v) is 11.8. The van der Waals surface area contributed by atoms with Gasteiger partial charge in [-0.3, -0.25) is 4.52 Å². The van der Waals surface area contributed by atoms with Gasteiger partial charge < -0.3 is 24.8 Å². The van der Waals surface area contributed by atoms with Crippen molar-refractivity contribution < 1.29 is 23.6 Å². The molecule has 1 aliphatic rings. The molecular weight excluding hydrogens is 301 g/mol. The summed E-state index contributed by atoms with van der Waals surface area (Å²) in [7, 11) is -4.48. The molecule has 1 aliphatic heterocycles. The Kier molecular flexibility index (Phi) is 3.64. The van der Waals surface area contributed by atoms with E-state index in [0.717, 1.165) is 0 Å². The van der Waals surface area contributed by atoms with Crippen LogP contribution in [0.1, 0.15) is 12.5 Å². The molecule has 0 aliphatic carbocycles. The number of nitrogens with two attached hydrogens (primary N) is 1. The van der Waals surface area contributed by atoms with E-state index < -0.39 is 7.82 Å². The molecule has 1 fully saturated rings. The fourth-order valence-electron chi connectivity index (χ4n) is 2.31. The molecule has 2 aromatic rings. The number of nitrogens with zero attached hydrogens (tertiary/aromatic N) is 4. The molecule has 0 bridgehead atoms. The van der Waals surface area contributed by atoms with Crippen LogP contribution in [0.25, 0.3) is 11.2 Å². The molecule has 4 N–H and O–H groups in total. The van der Waals surface area contributed by atoms with Crippen LogP contribution in [0.5, 0.6) is 0 Å². The minimum absolute atomic E-state index is 0.0466. The zero-order valence-electron chi connectivity index (χ0n) is 10.9. The maximum absolute atomic E-state index is 10.7. The largest absolute Gasteiger partial charge is 0.469 e. The number of anilines is 1. The van der Waals surface area contributed by atoms with Gasteiger partial charge >= 0.3 is 7.82 Å². The molecule has 2 atom stereocenters. The van der Waals surface area contributed by atoms with Crippen LogP contribution in [-0.2, 0) is 13.8 Å². The van der Waals surface area contributed by atoms with Gasteiger partial charge in [0.05, 0.1) is 31.7 Å². The van der Waals surface area contributed by atoms with Gasteiger partial charge in [0.1, 0.15) is 11.8 Å². The van der Waals surface area contributed by atoms with E-state index >= 15 is 0 Å². The number of nitrogen functional groups attached to an aromatic ring is 1. The van der Waals surface area contributed by atoms with E-state index in [-0.39, 0.29) is 18.8 Å². The van der Waals surface area contributed by atoms with Crippen LogP contribution in [0, 0.1) is 0 Å². The lowest BCUT2D eigenvalue weighted by Crippen LogP contribution is -2.14. The molecule has 3 rings (SSSR count). The van der Waals surface area contributed by atoms with Gasteiger partial charge in [-0.15, -0.1) is 0 Å². The molecule has 0 unspecified atom stereocenters. The average molecular weight is 315 g/mol. The molecule has 0 spiro atoms. The van der Waals surface area contributed by atoms with Gasteiger partial charge in [0.25, 0.3) is 0 Å². The van der Waals surface area contributed by atoms with Crippen molar-refractivity contribution in [1.29, 1.82) is 0 Å². The highest BCUT2D eigenvalue weighted by molar-refractivity contribution is 7.46. The van der Waals surface area contributed by atoms with E-state index in [2.05, 4.69) is 19.5 Å². The van der Waals surface area contributed by atoms with Crippen LogP contribution in [0.4, 0.5) is 5.82 Å². The highest BCUT2D eigenvalue weighted by Gasteiger charge is 2.30. The number of hydrogen-bond acceptors (Lipinski definition) is 7. The lowest BCUT2D eigenvalue weighted by atomic mass is 10.2. The molecule has 0 saturated carbocycles. The average Bonchev–Trinajstić information content (AvgIpc) is 3.02. The molecule has 0 aromatic carbocycles. The van der Waals surface area contributed by atoms with Crippen LogP contribution in [0.2, 0.25) is 0 Å². The second-order valence-electron chi connectivity index (χ2n) is 4.71. The molecule has 0 radical (unpaired) electrons. The summed E-state index contributed by atoms with van der Waals surface area (Å²) in [4.78, 5) is 29.6. The Hall–Kier alpha value is -1.58. The molecule has 3 heterocycles. The van der Waals surface area contributed by atoms with Crippen molar-refractivity contribution in [2.45, 2.75) is 18.6 Å². The van der Waals surface area contributed by atoms with Crippen molar-refractivity contribution in [3.05, 3.63) is 12.7 Å². The number of hydrogen-bond donors (Lipinski definition) is 3. The minimum Gasteiger partial charge on any atom is -0.382 e. The molecule has 10 nitrogen and oxygen atoms in total. The summed E-state index contributed by atoms with van der Waals surface area (Å²) >= 11 is 0. The number of rotatable bonds is 4. The normalized spacial score (nSPS) is 23.0. The van der Waals surface area contributed by atoms with Gasteiger partial charge in [-0.1, -0.05) is 0 Å². The van der Waals surface area contributed by atoms with E-state index in [4.69, 9.17) is 20.3 Å². The van der Waals surface area contributed by atoms with Gasteiger partial charge in [-0.05, 0) is 6.42 Å². The van der Waals surface area contributed by atoms with Crippen molar-refractivity contribution in [2.24, 2.45) is 0 Å². The first-order valence-corrected chi connectivity index (χ1v) is 7.72. The third-order valence-electron chi connectivity index (χ3n) is 3.27. The standard InChI is InChI=1S/C10H14N5O5P/c11-9-8-10(13-4-12-9)15(5-14-8)6-1-7(19-2-6)3-20-21(16,17)18/h4-7H,1-3H2,(H2,11,12,13)(H2,16,17,18)/t6-,7+/m1/s1. The monoisotopic (exact) mass is 315 g/mol. The van der Waals surface area contributed by atoms with E-state index in [1.165, 1.54) is 6.33 Å². The SMILES string of the molecule is Nc1ncnc2c1ncn2[C@H]1CO[C@H](COP(=O)(O)O)C1. The third kappa shape index (κ3) is 3.04. The van der Waals surface area contributed by atoms with Gasteiger partial charge in [-0.2, -0.15) is 0 Å². The van der Waals surface area contributed by atoms with Gasteiger partial charge in [0, 0.05) is 0 Å². The van der Waals surface area contributed by atoms with E-state index in [0.29, 0.717) is 30.0 Å². The summed E-state index contributed by atoms with van der Waals surface area (Å²) in [6.07, 6.45) is 3.12. The number of imidazole rings is 1. The summed E-state index contributed by atoms with van der Waals surface area (Å²) in [5.41, 5.74) is 6.85. The van der Waals surface area contributed by atoms with Crippen molar-refractivity contribution in [3.8, 4) is 0 Å². The summed E-state index contributed by atoms with van der Waals surface area (Å²) in [6.45, 7) is 0.217. The van der Waals surface area contributed by atoms with Crippen LogP contribution < -0.4 is 5.73 Å². The number of phosphoric acid groups is 1. The predicted octanol–water partition coefficient (Wildman–Crippen LogP) is -0.152. The van der Waals surface area contributed by atoms with Crippen LogP contribution in [-0.4, -0.2) is 48.6 Å². The lowest BCUT2D eigenvalue weighted by molar-refractivity contribution is 0.0534. The van der Waals surface area contributed by atoms with Gasteiger partial charge in [0.2, 0.25) is 0 Å². The Balaban J connectivity index is 1.73. The van der Waals surface area contributed by atoms with E-state index in [9.17, 15) is 4.57 Å². The Morgan fingerprint density at radius 3 is 3.05 bits per heavy atom. The number of phosphoric ester groups is 1. The second-order valence-corrected chi connectivity index (χ2v) is 5.95. The van der Waals surface area contributed by atoms with Gasteiger partial charge in [0.15, 0.2) is 11.5 Å². The summed E-state index contributed by atoms with van der Waals surface area (Å²) < 4.78 is 22.4. The molecule has 11 heteroatoms. The molecule has 2 aromatic heterocycles. The Morgan fingerprint density at radius 2 is 2.29 bits per heavy atom. The molecular formula is C10H14N5O5P. The smallest absolute Gasteiger partial charge is 0.382 e. The quantitative estimate of drug-likeness (QED) is 0.655. The molecule has 1 saturated heterocycles. The maximum Gasteiger partial charge on any atom is 0.469 e. The van der Waals surface area contributed by atoms with Crippen LogP contribution in [0.3, 0.4) is 0 Å². The molecule has 114 valence electrons. The highest BCUT2D eigenvalue weighted by Crippen LogP contribution is 2.37. The maximum atomic E-state index is 10.7. The molecule has 21 heavy (non-hydrogen) atoms. The number of ether oxygens (including phenoxy) is 1. The zero-order chi connectivity index (χ0) is 15.0. The Morgan fingerprint density at radius 1 is 1.48 bits per heavy atom. The van der Waals surface area contributed by atoms with Crippen molar-refractivity contribution in [1.82, 2.24) is 19.5 Å². The third-order valence-corrected chi connectivity index (χ3v) is 3.75. The summed E-state index contributed by atoms with van der Waals surface area (Å²) in [5, 5.41) is 0. The second kappa shape index (κ2) is 5.32. The first-order valence-electron chi connectivity index (χ1n) is 6.19. The molecule has 0 amide bonds. The highest BCUT2D eigenvalue weighted by atomic mass is 31.2. The minimum atomic E-state index is -4.48. The lowest BCUT2D eigenvalue weighted by Gasteiger charge is -2.11. The van der Waals surface area contributed by atoms with Gasteiger partial charge in [-0.25, -0.2) is 19.5 Å². The van der Waals surface area contributed by atoms with Crippen LogP contribution >= 0.6 is 7.82 Å². The number of fused-ring (bicyclic) bond motifs is 1. The summed E-state index contributed by atoms with van der Waals surface area (Å²) in [6, 6.07) is -0.0466. The fourth-order valence-corrected chi connectivity index (χ4v) is 2.67. The van der Waals surface area contributed by atoms with Crippen molar-refractivity contribution in [3.63, 3.8) is 0 Å². The Labute approximate surface area is 119 Å². The van der Waals surface area contributed by atoms with Crippen molar-refractivity contribution in [2.75, 3.05) is 18.9 Å². The van der Waals surface area contributed by atoms with E-state index in [1.54, 1.807) is 6.33 Å². The van der Waals surface area contributed by atoms with Crippen LogP contribution in [0.15, 0.2) is 12.7 Å². The van der Waals surface area contributed by atoms with E-state index in [1.807, 2.05) is 4.57 Å². The van der Waals surface area contributed by atoms with Crippen molar-refractivity contribution >= 4 is 24.8 Å². The fraction of sp³-hybridized carbons (Fsp3) is 0.500. The predicted molar refractivity (Wildman–Crippen MR) is 71.1 cm³/mol. The topological polar surface area (TPSA) is 146 Å². The first-order chi connectivity index (χ1) is 9.94. The summed E-state index contributed by atoms with van der Waals surface area (Å²) in [5.74, 6) is 0.305. The number of aromatic nitrogens is 4. The first kappa shape index (κ1) is 14.4.